The van der Waals surface area contributed by atoms with Crippen molar-refractivity contribution in [3.8, 4) is 0 Å². The van der Waals surface area contributed by atoms with Crippen LogP contribution in [0, 0.1) is 17.8 Å². The van der Waals surface area contributed by atoms with Gasteiger partial charge in [0, 0.05) is 7.11 Å². The van der Waals surface area contributed by atoms with Gasteiger partial charge in [-0.1, -0.05) is 51.0 Å². The molecule has 0 unspecified atom stereocenters. The lowest BCUT2D eigenvalue weighted by molar-refractivity contribution is 0.0540. The summed E-state index contributed by atoms with van der Waals surface area (Å²) in [4.78, 5) is 0. The van der Waals surface area contributed by atoms with E-state index in [0.717, 1.165) is 17.8 Å². The summed E-state index contributed by atoms with van der Waals surface area (Å²) < 4.78 is 5.48. The average molecular weight is 293 g/mol. The largest absolute Gasteiger partial charge is 0.381 e. The van der Waals surface area contributed by atoms with E-state index in [1.807, 2.05) is 7.11 Å². The predicted molar refractivity (Wildman–Crippen MR) is 91.5 cm³/mol. The number of methoxy groups -OCH3 is 1. The van der Waals surface area contributed by atoms with Crippen molar-refractivity contribution in [3.63, 3.8) is 0 Å². The fraction of sp³-hybridized carbons (Fsp3) is 0.900. The zero-order valence-corrected chi connectivity index (χ0v) is 14.2. The Morgan fingerprint density at radius 2 is 1.29 bits per heavy atom. The minimum absolute atomic E-state index is 0.562. The van der Waals surface area contributed by atoms with Crippen molar-refractivity contribution in [2.45, 2.75) is 89.6 Å². The van der Waals surface area contributed by atoms with Crippen LogP contribution in [0.3, 0.4) is 0 Å². The van der Waals surface area contributed by atoms with Gasteiger partial charge in [0.1, 0.15) is 0 Å². The first kappa shape index (κ1) is 17.1. The second-order valence-electron chi connectivity index (χ2n) is 7.56. The molecule has 0 radical (unpaired) electrons. The van der Waals surface area contributed by atoms with Gasteiger partial charge in [-0.2, -0.15) is 0 Å². The molecule has 0 aliphatic heterocycles. The van der Waals surface area contributed by atoms with Gasteiger partial charge in [0.05, 0.1) is 6.10 Å². The van der Waals surface area contributed by atoms with E-state index in [1.165, 1.54) is 83.5 Å². The van der Waals surface area contributed by atoms with Crippen molar-refractivity contribution in [1.82, 2.24) is 0 Å². The normalized spacial score (nSPS) is 33.8. The molecule has 1 heteroatoms. The van der Waals surface area contributed by atoms with Crippen LogP contribution >= 0.6 is 0 Å². The van der Waals surface area contributed by atoms with Crippen LogP contribution in [0.4, 0.5) is 0 Å². The number of unbranched alkanes of at least 4 members (excludes halogenated alkanes) is 1. The maximum atomic E-state index is 5.48. The third-order valence-corrected chi connectivity index (χ3v) is 6.10. The van der Waals surface area contributed by atoms with E-state index in [1.54, 1.807) is 0 Å². The smallest absolute Gasteiger partial charge is 0.0571 e. The summed E-state index contributed by atoms with van der Waals surface area (Å²) in [6, 6.07) is 0. The zero-order valence-electron chi connectivity index (χ0n) is 14.2. The molecule has 0 amide bonds. The zero-order chi connectivity index (χ0) is 14.9. The molecule has 2 aliphatic rings. The highest BCUT2D eigenvalue weighted by molar-refractivity contribution is 4.77. The van der Waals surface area contributed by atoms with Crippen molar-refractivity contribution >= 4 is 0 Å². The Kier molecular flexibility index (Phi) is 7.85. The van der Waals surface area contributed by atoms with Crippen molar-refractivity contribution in [1.29, 1.82) is 0 Å². The topological polar surface area (TPSA) is 9.23 Å². The monoisotopic (exact) mass is 292 g/mol. The second kappa shape index (κ2) is 9.66. The van der Waals surface area contributed by atoms with E-state index in [0.29, 0.717) is 6.10 Å². The highest BCUT2D eigenvalue weighted by Crippen LogP contribution is 2.37. The Hall–Kier alpha value is -0.300. The second-order valence-corrected chi connectivity index (χ2v) is 7.56. The molecule has 2 saturated carbocycles. The van der Waals surface area contributed by atoms with Gasteiger partial charge in [0.15, 0.2) is 0 Å². The lowest BCUT2D eigenvalue weighted by Gasteiger charge is -2.31. The molecule has 0 aromatic carbocycles. The van der Waals surface area contributed by atoms with Gasteiger partial charge < -0.3 is 4.74 Å². The molecular weight excluding hydrogens is 256 g/mol. The molecule has 21 heavy (non-hydrogen) atoms. The summed E-state index contributed by atoms with van der Waals surface area (Å²) in [6.07, 6.45) is 21.1. The number of hydrogen-bond donors (Lipinski definition) is 0. The lowest BCUT2D eigenvalue weighted by atomic mass is 9.76. The molecule has 1 nitrogen and oxygen atoms in total. The van der Waals surface area contributed by atoms with Crippen LogP contribution in [0.2, 0.25) is 0 Å². The third kappa shape index (κ3) is 6.14. The maximum absolute atomic E-state index is 5.48. The molecule has 2 rings (SSSR count). The van der Waals surface area contributed by atoms with E-state index in [-0.39, 0.29) is 0 Å². The van der Waals surface area contributed by atoms with Gasteiger partial charge in [-0.15, -0.1) is 6.58 Å². The van der Waals surface area contributed by atoms with Crippen LogP contribution in [0.1, 0.15) is 83.5 Å². The Morgan fingerprint density at radius 3 is 1.76 bits per heavy atom. The number of ether oxygens (including phenoxy) is 1. The SMILES string of the molecule is C=CCCC[C@H]1CC[C@H](CC[C@H]2CC[C@H](OC)CC2)CC1. The first-order valence-corrected chi connectivity index (χ1v) is 9.45. The highest BCUT2D eigenvalue weighted by Gasteiger charge is 2.24. The Labute approximate surface area is 132 Å². The molecule has 0 saturated heterocycles. The lowest BCUT2D eigenvalue weighted by Crippen LogP contribution is -2.21. The van der Waals surface area contributed by atoms with Gasteiger partial charge in [-0.05, 0) is 56.3 Å². The summed E-state index contributed by atoms with van der Waals surface area (Å²) in [6.45, 7) is 3.83. The minimum atomic E-state index is 0.562. The fourth-order valence-corrected chi connectivity index (χ4v) is 4.49. The summed E-state index contributed by atoms with van der Waals surface area (Å²) in [5.41, 5.74) is 0. The predicted octanol–water partition coefficient (Wildman–Crippen LogP) is 6.13. The van der Waals surface area contributed by atoms with Crippen molar-refractivity contribution in [2.24, 2.45) is 17.8 Å². The van der Waals surface area contributed by atoms with E-state index in [2.05, 4.69) is 12.7 Å². The summed E-state index contributed by atoms with van der Waals surface area (Å²) in [7, 11) is 1.87. The standard InChI is InChI=1S/C20H36O/c1-3-4-5-6-17-7-9-18(10-8-17)11-12-19-13-15-20(21-2)16-14-19/h3,17-20H,1,4-16H2,2H3/t17-,18-,19-,20-. The minimum Gasteiger partial charge on any atom is -0.381 e. The van der Waals surface area contributed by atoms with Crippen LogP contribution in [0.5, 0.6) is 0 Å². The molecule has 0 aromatic rings. The van der Waals surface area contributed by atoms with Gasteiger partial charge >= 0.3 is 0 Å². The molecule has 0 bridgehead atoms. The van der Waals surface area contributed by atoms with Crippen molar-refractivity contribution in [3.05, 3.63) is 12.7 Å². The molecular formula is C20H36O. The summed E-state index contributed by atoms with van der Waals surface area (Å²) >= 11 is 0. The molecule has 0 heterocycles. The molecule has 2 fully saturated rings. The number of allylic oxidation sites excluding steroid dienone is 1. The molecule has 122 valence electrons. The molecule has 0 atom stereocenters. The van der Waals surface area contributed by atoms with Crippen LogP contribution < -0.4 is 0 Å². The van der Waals surface area contributed by atoms with E-state index < -0.39 is 0 Å². The van der Waals surface area contributed by atoms with E-state index in [4.69, 9.17) is 4.74 Å². The van der Waals surface area contributed by atoms with E-state index >= 15 is 0 Å². The first-order chi connectivity index (χ1) is 10.3. The van der Waals surface area contributed by atoms with Crippen molar-refractivity contribution in [2.75, 3.05) is 7.11 Å². The quantitative estimate of drug-likeness (QED) is 0.386. The molecule has 0 spiro atoms. The summed E-state index contributed by atoms with van der Waals surface area (Å²) in [5.74, 6) is 3.07. The first-order valence-electron chi connectivity index (χ1n) is 9.45. The van der Waals surface area contributed by atoms with Gasteiger partial charge in [0.25, 0.3) is 0 Å². The fourth-order valence-electron chi connectivity index (χ4n) is 4.49. The van der Waals surface area contributed by atoms with Gasteiger partial charge in [-0.25, -0.2) is 0 Å². The van der Waals surface area contributed by atoms with Crippen LogP contribution in [-0.2, 0) is 4.74 Å². The Balaban J connectivity index is 1.54. The van der Waals surface area contributed by atoms with Crippen LogP contribution in [0.25, 0.3) is 0 Å². The van der Waals surface area contributed by atoms with E-state index in [9.17, 15) is 0 Å². The van der Waals surface area contributed by atoms with Crippen LogP contribution in [-0.4, -0.2) is 13.2 Å². The Bertz CT molecular complexity index is 270. The van der Waals surface area contributed by atoms with Gasteiger partial charge in [0.2, 0.25) is 0 Å². The van der Waals surface area contributed by atoms with Gasteiger partial charge in [-0.3, -0.25) is 0 Å². The number of rotatable bonds is 8. The average Bonchev–Trinajstić information content (AvgIpc) is 2.55. The Morgan fingerprint density at radius 1 is 0.810 bits per heavy atom. The maximum Gasteiger partial charge on any atom is 0.0571 e. The molecule has 0 aromatic heterocycles. The third-order valence-electron chi connectivity index (χ3n) is 6.10. The summed E-state index contributed by atoms with van der Waals surface area (Å²) in [5, 5.41) is 0. The van der Waals surface area contributed by atoms with Crippen LogP contribution in [0.15, 0.2) is 12.7 Å². The molecule has 0 N–H and O–H groups in total. The molecule has 2 aliphatic carbocycles. The number of hydrogen-bond acceptors (Lipinski definition) is 1. The van der Waals surface area contributed by atoms with Crippen molar-refractivity contribution < 1.29 is 4.74 Å². The highest BCUT2D eigenvalue weighted by atomic mass is 16.5.